The Hall–Kier alpha value is -1.55. The zero-order valence-electron chi connectivity index (χ0n) is 8.27. The molecule has 4 heteroatoms. The molecule has 0 atom stereocenters. The van der Waals surface area contributed by atoms with Gasteiger partial charge in [-0.25, -0.2) is 8.42 Å². The quantitative estimate of drug-likeness (QED) is 0.783. The maximum atomic E-state index is 11.7. The van der Waals surface area contributed by atoms with Gasteiger partial charge in [0.05, 0.1) is 4.91 Å². The first-order valence-corrected chi connectivity index (χ1v) is 6.00. The van der Waals surface area contributed by atoms with Crippen molar-refractivity contribution in [3.63, 3.8) is 0 Å². The maximum absolute atomic E-state index is 11.7. The van der Waals surface area contributed by atoms with Crippen molar-refractivity contribution < 1.29 is 8.42 Å². The lowest BCUT2D eigenvalue weighted by Gasteiger charge is -2.04. The summed E-state index contributed by atoms with van der Waals surface area (Å²) in [4.78, 5) is 0.278. The van der Waals surface area contributed by atoms with Gasteiger partial charge < -0.3 is 5.73 Å². The molecule has 0 fully saturated rings. The Morgan fingerprint density at radius 1 is 1.07 bits per heavy atom. The van der Waals surface area contributed by atoms with E-state index >= 15 is 0 Å². The Morgan fingerprint density at radius 2 is 1.67 bits per heavy atom. The van der Waals surface area contributed by atoms with E-state index in [2.05, 4.69) is 0 Å². The zero-order valence-corrected chi connectivity index (χ0v) is 9.08. The normalized spacial score (nSPS) is 18.5. The van der Waals surface area contributed by atoms with Gasteiger partial charge in [-0.15, -0.1) is 0 Å². The fraction of sp³-hybridized carbons (Fsp3) is 0.0909. The van der Waals surface area contributed by atoms with Gasteiger partial charge in [-0.1, -0.05) is 29.8 Å². The molecule has 1 aliphatic rings. The van der Waals surface area contributed by atoms with Crippen LogP contribution in [-0.2, 0) is 9.84 Å². The number of rotatable bonds is 1. The average Bonchev–Trinajstić information content (AvgIpc) is 2.44. The molecule has 2 rings (SSSR count). The lowest BCUT2D eigenvalue weighted by molar-refractivity contribution is 0.611. The first-order valence-electron chi connectivity index (χ1n) is 4.51. The first-order chi connectivity index (χ1) is 7.01. The number of aryl methyl sites for hydroxylation is 1. The molecule has 0 radical (unpaired) electrons. The number of hydrogen-bond acceptors (Lipinski definition) is 3. The summed E-state index contributed by atoms with van der Waals surface area (Å²) in [5, 5.41) is -0.0851. The van der Waals surface area contributed by atoms with E-state index in [1.54, 1.807) is 12.1 Å². The van der Waals surface area contributed by atoms with E-state index in [-0.39, 0.29) is 9.93 Å². The molecule has 1 aliphatic heterocycles. The lowest BCUT2D eigenvalue weighted by Crippen LogP contribution is -2.09. The van der Waals surface area contributed by atoms with Crippen LogP contribution in [0.4, 0.5) is 0 Å². The van der Waals surface area contributed by atoms with Crippen molar-refractivity contribution in [2.45, 2.75) is 6.92 Å². The molecule has 1 heterocycles. The Kier molecular flexibility index (Phi) is 2.16. The van der Waals surface area contributed by atoms with Crippen molar-refractivity contribution in [1.29, 1.82) is 0 Å². The van der Waals surface area contributed by atoms with Crippen LogP contribution in [-0.4, -0.2) is 8.42 Å². The molecule has 0 unspecified atom stereocenters. The van der Waals surface area contributed by atoms with Gasteiger partial charge in [0.25, 0.3) is 0 Å². The predicted octanol–water partition coefficient (Wildman–Crippen LogP) is 1.56. The Bertz CT molecular complexity index is 551. The van der Waals surface area contributed by atoms with Gasteiger partial charge in [-0.05, 0) is 24.6 Å². The molecule has 0 bridgehead atoms. The van der Waals surface area contributed by atoms with Crippen molar-refractivity contribution in [3.05, 3.63) is 52.6 Å². The summed E-state index contributed by atoms with van der Waals surface area (Å²) in [6, 6.07) is 7.32. The van der Waals surface area contributed by atoms with Gasteiger partial charge in [0.15, 0.2) is 0 Å². The summed E-state index contributed by atoms with van der Waals surface area (Å²) in [7, 11) is -3.43. The summed E-state index contributed by atoms with van der Waals surface area (Å²) in [5.74, 6) is 0. The van der Waals surface area contributed by atoms with Gasteiger partial charge in [0.1, 0.15) is 5.03 Å². The summed E-state index contributed by atoms with van der Waals surface area (Å²) in [6.45, 7) is 1.95. The second kappa shape index (κ2) is 3.24. The second-order valence-electron chi connectivity index (χ2n) is 3.47. The molecule has 3 nitrogen and oxygen atoms in total. The van der Waals surface area contributed by atoms with Crippen LogP contribution in [0, 0.1) is 6.92 Å². The Balaban J connectivity index is 2.49. The number of allylic oxidation sites excluding steroid dienone is 2. The molecule has 1 aromatic carbocycles. The summed E-state index contributed by atoms with van der Waals surface area (Å²) < 4.78 is 23.4. The molecule has 0 aromatic heterocycles. The van der Waals surface area contributed by atoms with E-state index in [0.29, 0.717) is 5.56 Å². The van der Waals surface area contributed by atoms with E-state index in [1.807, 2.05) is 19.1 Å². The van der Waals surface area contributed by atoms with E-state index in [9.17, 15) is 8.42 Å². The molecular formula is C11H11NO2S. The number of benzene rings is 1. The van der Waals surface area contributed by atoms with E-state index in [1.165, 1.54) is 12.2 Å². The third-order valence-electron chi connectivity index (χ3n) is 2.33. The smallest absolute Gasteiger partial charge is 0.221 e. The second-order valence-corrected chi connectivity index (χ2v) is 5.39. The third kappa shape index (κ3) is 1.57. The van der Waals surface area contributed by atoms with Crippen LogP contribution in [0.15, 0.2) is 41.4 Å². The van der Waals surface area contributed by atoms with Crippen LogP contribution in [0.5, 0.6) is 0 Å². The molecule has 0 spiro atoms. The van der Waals surface area contributed by atoms with Crippen LogP contribution in [0.25, 0.3) is 4.91 Å². The molecule has 0 saturated carbocycles. The number of hydrogen-bond donors (Lipinski definition) is 1. The largest absolute Gasteiger partial charge is 0.389 e. The molecule has 2 N–H and O–H groups in total. The van der Waals surface area contributed by atoms with Crippen LogP contribution in [0.2, 0.25) is 0 Å². The van der Waals surface area contributed by atoms with Gasteiger partial charge in [-0.2, -0.15) is 0 Å². The minimum atomic E-state index is -3.43. The fourth-order valence-corrected chi connectivity index (χ4v) is 2.63. The predicted molar refractivity (Wildman–Crippen MR) is 60.3 cm³/mol. The summed E-state index contributed by atoms with van der Waals surface area (Å²) in [6.07, 6.45) is 2.96. The maximum Gasteiger partial charge on any atom is 0.221 e. The minimum absolute atomic E-state index is 0.0851. The zero-order chi connectivity index (χ0) is 11.1. The van der Waals surface area contributed by atoms with Crippen molar-refractivity contribution in [3.8, 4) is 0 Å². The molecular weight excluding hydrogens is 210 g/mol. The molecule has 15 heavy (non-hydrogen) atoms. The molecule has 78 valence electrons. The highest BCUT2D eigenvalue weighted by molar-refractivity contribution is 8.04. The molecule has 1 aromatic rings. The molecule has 0 amide bonds. The molecule has 0 saturated heterocycles. The van der Waals surface area contributed by atoms with Crippen LogP contribution >= 0.6 is 0 Å². The fourth-order valence-electron chi connectivity index (χ4n) is 1.43. The first kappa shape index (κ1) is 9.98. The van der Waals surface area contributed by atoms with Crippen LogP contribution in [0.1, 0.15) is 11.1 Å². The standard InChI is InChI=1S/C11H11NO2S/c1-8-2-4-9(5-3-8)10-6-7-11(12)15(10,13)14/h2-7H,12H2,1H3. The monoisotopic (exact) mass is 221 g/mol. The van der Waals surface area contributed by atoms with Gasteiger partial charge in [0.2, 0.25) is 9.84 Å². The topological polar surface area (TPSA) is 60.2 Å². The highest BCUT2D eigenvalue weighted by atomic mass is 32.2. The lowest BCUT2D eigenvalue weighted by atomic mass is 10.1. The average molecular weight is 221 g/mol. The SMILES string of the molecule is Cc1ccc(C2=CC=C(N)S2(=O)=O)cc1. The number of sulfone groups is 1. The highest BCUT2D eigenvalue weighted by Gasteiger charge is 2.26. The van der Waals surface area contributed by atoms with Gasteiger partial charge >= 0.3 is 0 Å². The molecule has 0 aliphatic carbocycles. The van der Waals surface area contributed by atoms with Crippen molar-refractivity contribution in [2.24, 2.45) is 5.73 Å². The summed E-state index contributed by atoms with van der Waals surface area (Å²) >= 11 is 0. The summed E-state index contributed by atoms with van der Waals surface area (Å²) in [5.41, 5.74) is 7.16. The van der Waals surface area contributed by atoms with Crippen molar-refractivity contribution in [1.82, 2.24) is 0 Å². The van der Waals surface area contributed by atoms with Crippen molar-refractivity contribution in [2.75, 3.05) is 0 Å². The Morgan fingerprint density at radius 3 is 2.13 bits per heavy atom. The number of nitrogens with two attached hydrogens (primary N) is 1. The minimum Gasteiger partial charge on any atom is -0.389 e. The van der Waals surface area contributed by atoms with Crippen LogP contribution < -0.4 is 5.73 Å². The van der Waals surface area contributed by atoms with Crippen LogP contribution in [0.3, 0.4) is 0 Å². The van der Waals surface area contributed by atoms with Gasteiger partial charge in [-0.3, -0.25) is 0 Å². The highest BCUT2D eigenvalue weighted by Crippen LogP contribution is 2.29. The van der Waals surface area contributed by atoms with E-state index in [0.717, 1.165) is 5.56 Å². The van der Waals surface area contributed by atoms with E-state index < -0.39 is 9.84 Å². The third-order valence-corrected chi connectivity index (χ3v) is 4.04. The van der Waals surface area contributed by atoms with Crippen molar-refractivity contribution >= 4 is 14.7 Å². The van der Waals surface area contributed by atoms with E-state index in [4.69, 9.17) is 5.73 Å². The Labute approximate surface area is 88.8 Å². The van der Waals surface area contributed by atoms with Gasteiger partial charge in [0, 0.05) is 0 Å².